The van der Waals surface area contributed by atoms with Gasteiger partial charge in [0, 0.05) is 18.0 Å². The van der Waals surface area contributed by atoms with E-state index < -0.39 is 0 Å². The second kappa shape index (κ2) is 7.72. The monoisotopic (exact) mass is 447 g/mol. The van der Waals surface area contributed by atoms with Crippen LogP contribution < -0.4 is 9.47 Å². The van der Waals surface area contributed by atoms with Crippen LogP contribution in [0.25, 0.3) is 0 Å². The Balaban J connectivity index is 1.80. The number of rotatable bonds is 5. The van der Waals surface area contributed by atoms with Crippen LogP contribution in [0.1, 0.15) is 37.2 Å². The van der Waals surface area contributed by atoms with Crippen LogP contribution >= 0.6 is 27.7 Å². The van der Waals surface area contributed by atoms with Gasteiger partial charge in [0.2, 0.25) is 0 Å². The summed E-state index contributed by atoms with van der Waals surface area (Å²) in [4.78, 5) is 12.0. The molecule has 2 aromatic rings. The topological polar surface area (TPSA) is 47.0 Å². The molecule has 1 aromatic heterocycles. The van der Waals surface area contributed by atoms with Gasteiger partial charge in [-0.25, -0.2) is 0 Å². The summed E-state index contributed by atoms with van der Waals surface area (Å²) >= 11 is 5.49. The van der Waals surface area contributed by atoms with Crippen molar-refractivity contribution in [2.45, 2.75) is 31.2 Å². The van der Waals surface area contributed by atoms with Crippen molar-refractivity contribution in [3.8, 4) is 11.5 Å². The van der Waals surface area contributed by atoms with Crippen molar-refractivity contribution in [1.29, 1.82) is 0 Å². The average molecular weight is 448 g/mol. The van der Waals surface area contributed by atoms with E-state index in [0.29, 0.717) is 11.9 Å². The molecule has 3 heterocycles. The zero-order chi connectivity index (χ0) is 19.0. The zero-order valence-corrected chi connectivity index (χ0v) is 18.0. The highest BCUT2D eigenvalue weighted by Gasteiger charge is 2.43. The lowest BCUT2D eigenvalue weighted by Crippen LogP contribution is -2.28. The highest BCUT2D eigenvalue weighted by Crippen LogP contribution is 2.49. The van der Waals surface area contributed by atoms with Crippen molar-refractivity contribution in [2.75, 3.05) is 20.3 Å². The number of nitrogens with zero attached hydrogens (tertiary/aromatic N) is 3. The minimum atomic E-state index is -0.0315. The molecule has 0 amide bonds. The second-order valence-corrected chi connectivity index (χ2v) is 8.86. The predicted molar refractivity (Wildman–Crippen MR) is 113 cm³/mol. The molecule has 0 unspecified atom stereocenters. The third-order valence-corrected chi connectivity index (χ3v) is 6.45. The Hall–Kier alpha value is -1.73. The number of aromatic nitrogens is 1. The molecule has 3 atom stereocenters. The second-order valence-electron chi connectivity index (χ2n) is 6.60. The van der Waals surface area contributed by atoms with Crippen LogP contribution in [-0.4, -0.2) is 40.6 Å². The van der Waals surface area contributed by atoms with Crippen molar-refractivity contribution >= 4 is 32.9 Å². The lowest BCUT2D eigenvalue weighted by Gasteiger charge is -2.28. The number of hydrogen-bond acceptors (Lipinski definition) is 6. The van der Waals surface area contributed by atoms with Gasteiger partial charge in [-0.1, -0.05) is 24.8 Å². The first-order valence-corrected chi connectivity index (χ1v) is 10.7. The maximum atomic E-state index is 5.85. The molecule has 4 rings (SSSR count). The normalized spacial score (nSPS) is 23.9. The van der Waals surface area contributed by atoms with Gasteiger partial charge in [0.15, 0.2) is 16.7 Å². The van der Waals surface area contributed by atoms with Crippen molar-refractivity contribution < 1.29 is 9.47 Å². The number of pyridine rings is 1. The summed E-state index contributed by atoms with van der Waals surface area (Å²) in [5, 5.41) is 1.64. The number of benzene rings is 1. The molecule has 0 spiro atoms. The molecular formula is C20H22BrN3O2S. The minimum Gasteiger partial charge on any atom is -0.492 e. The van der Waals surface area contributed by atoms with E-state index in [9.17, 15) is 0 Å². The fraction of sp³-hybridized carbons (Fsp3) is 0.400. The molecule has 2 aliphatic rings. The number of aliphatic imine (C=N–C) groups is 1. The Morgan fingerprint density at radius 3 is 2.89 bits per heavy atom. The van der Waals surface area contributed by atoms with Crippen LogP contribution in [0, 0.1) is 0 Å². The smallest absolute Gasteiger partial charge is 0.174 e. The van der Waals surface area contributed by atoms with E-state index in [1.165, 1.54) is 0 Å². The van der Waals surface area contributed by atoms with Crippen LogP contribution in [0.5, 0.6) is 11.5 Å². The molecule has 1 aromatic carbocycles. The third-order valence-electron chi connectivity index (χ3n) is 4.76. The number of thioether (sulfide) groups is 1. The summed E-state index contributed by atoms with van der Waals surface area (Å²) < 4.78 is 12.3. The van der Waals surface area contributed by atoms with Crippen molar-refractivity contribution in [3.63, 3.8) is 0 Å². The van der Waals surface area contributed by atoms with Gasteiger partial charge in [-0.3, -0.25) is 9.98 Å². The number of fused-ring (bicyclic) bond motifs is 1. The van der Waals surface area contributed by atoms with E-state index in [4.69, 9.17) is 14.5 Å². The summed E-state index contributed by atoms with van der Waals surface area (Å²) in [7, 11) is 1.66. The van der Waals surface area contributed by atoms with Crippen molar-refractivity contribution in [1.82, 2.24) is 9.88 Å². The molecule has 7 heteroatoms. The Morgan fingerprint density at radius 2 is 2.19 bits per heavy atom. The van der Waals surface area contributed by atoms with E-state index in [2.05, 4.69) is 50.9 Å². The standard InChI is InChI=1S/C20H22BrN3O2S/c1-4-26-16-10-13(9-14(21)19(16)25-3)18-17(15-7-5-6-8-22-15)23-20-24(18)11-12(2)27-20/h5-10,12,17-18H,4,11H2,1-3H3/t12-,17-,18-/m0/s1. The first kappa shape index (κ1) is 18.6. The van der Waals surface area contributed by atoms with Gasteiger partial charge in [-0.15, -0.1) is 0 Å². The van der Waals surface area contributed by atoms with Gasteiger partial charge in [0.25, 0.3) is 0 Å². The molecule has 0 aliphatic carbocycles. The SMILES string of the molecule is CCOc1cc([C@H]2[C@H](c3ccccn3)N=C3S[C@@H](C)CN32)cc(Br)c1OC. The summed E-state index contributed by atoms with van der Waals surface area (Å²) in [5.41, 5.74) is 2.14. The summed E-state index contributed by atoms with van der Waals surface area (Å²) in [5.74, 6) is 1.47. The molecule has 5 nitrogen and oxygen atoms in total. The van der Waals surface area contributed by atoms with Gasteiger partial charge in [0.1, 0.15) is 6.04 Å². The number of hydrogen-bond donors (Lipinski definition) is 0. The van der Waals surface area contributed by atoms with Gasteiger partial charge in [0.05, 0.1) is 29.9 Å². The van der Waals surface area contributed by atoms with E-state index >= 15 is 0 Å². The van der Waals surface area contributed by atoms with E-state index in [1.54, 1.807) is 7.11 Å². The highest BCUT2D eigenvalue weighted by molar-refractivity contribution is 9.10. The predicted octanol–water partition coefficient (Wildman–Crippen LogP) is 4.84. The van der Waals surface area contributed by atoms with E-state index in [1.807, 2.05) is 37.0 Å². The van der Waals surface area contributed by atoms with Crippen LogP contribution in [0.2, 0.25) is 0 Å². The molecule has 27 heavy (non-hydrogen) atoms. The van der Waals surface area contributed by atoms with E-state index in [0.717, 1.165) is 38.9 Å². The van der Waals surface area contributed by atoms with Crippen LogP contribution in [0.4, 0.5) is 0 Å². The van der Waals surface area contributed by atoms with E-state index in [-0.39, 0.29) is 12.1 Å². The largest absolute Gasteiger partial charge is 0.492 e. The Morgan fingerprint density at radius 1 is 1.33 bits per heavy atom. The van der Waals surface area contributed by atoms with Crippen molar-refractivity contribution in [3.05, 3.63) is 52.3 Å². The van der Waals surface area contributed by atoms with Crippen LogP contribution in [-0.2, 0) is 0 Å². The highest BCUT2D eigenvalue weighted by atomic mass is 79.9. The molecule has 0 radical (unpaired) electrons. The first-order valence-electron chi connectivity index (χ1n) is 9.04. The molecule has 1 fully saturated rings. The van der Waals surface area contributed by atoms with Gasteiger partial charge >= 0.3 is 0 Å². The quantitative estimate of drug-likeness (QED) is 0.655. The molecule has 2 aliphatic heterocycles. The molecule has 1 saturated heterocycles. The number of amidine groups is 1. The maximum absolute atomic E-state index is 5.85. The van der Waals surface area contributed by atoms with Gasteiger partial charge in [-0.2, -0.15) is 0 Å². The number of methoxy groups -OCH3 is 1. The summed E-state index contributed by atoms with van der Waals surface area (Å²) in [6.07, 6.45) is 1.83. The average Bonchev–Trinajstić information content (AvgIpc) is 3.18. The lowest BCUT2D eigenvalue weighted by molar-refractivity contribution is 0.301. The van der Waals surface area contributed by atoms with Gasteiger partial charge in [-0.05, 0) is 52.7 Å². The Bertz CT molecular complexity index is 862. The minimum absolute atomic E-state index is 0.0315. The van der Waals surface area contributed by atoms with Crippen LogP contribution in [0.15, 0.2) is 46.0 Å². The number of halogens is 1. The molecular weight excluding hydrogens is 426 g/mol. The third kappa shape index (κ3) is 3.43. The van der Waals surface area contributed by atoms with Crippen LogP contribution in [0.3, 0.4) is 0 Å². The Kier molecular flexibility index (Phi) is 5.32. The number of ether oxygens (including phenoxy) is 2. The van der Waals surface area contributed by atoms with Crippen molar-refractivity contribution in [2.24, 2.45) is 4.99 Å². The lowest BCUT2D eigenvalue weighted by atomic mass is 9.96. The first-order chi connectivity index (χ1) is 13.1. The molecule has 142 valence electrons. The fourth-order valence-electron chi connectivity index (χ4n) is 3.70. The molecule has 0 bridgehead atoms. The summed E-state index contributed by atoms with van der Waals surface area (Å²) in [6.45, 7) is 5.78. The Labute approximate surface area is 172 Å². The summed E-state index contributed by atoms with van der Waals surface area (Å²) in [6, 6.07) is 10.3. The molecule has 0 saturated carbocycles. The maximum Gasteiger partial charge on any atom is 0.174 e. The van der Waals surface area contributed by atoms with Gasteiger partial charge < -0.3 is 14.4 Å². The fourth-order valence-corrected chi connectivity index (χ4v) is 5.41. The molecule has 0 N–H and O–H groups in total. The zero-order valence-electron chi connectivity index (χ0n) is 15.6.